The van der Waals surface area contributed by atoms with Gasteiger partial charge in [-0.3, -0.25) is 9.59 Å². The van der Waals surface area contributed by atoms with Crippen LogP contribution in [0.4, 0.5) is 0 Å². The van der Waals surface area contributed by atoms with Crippen molar-refractivity contribution < 1.29 is 19.8 Å². The largest absolute Gasteiger partial charge is 0.396 e. The van der Waals surface area contributed by atoms with Crippen LogP contribution in [0.2, 0.25) is 0 Å². The minimum atomic E-state index is -0.278. The molecule has 6 N–H and O–H groups in total. The maximum atomic E-state index is 10.5. The zero-order valence-electron chi connectivity index (χ0n) is 14.1. The molecule has 0 aromatic rings. The Kier molecular flexibility index (Phi) is 17.1. The first kappa shape index (κ1) is 23.1. The summed E-state index contributed by atoms with van der Waals surface area (Å²) in [6.07, 6.45) is 6.26. The third-order valence-corrected chi connectivity index (χ3v) is 3.48. The van der Waals surface area contributed by atoms with Gasteiger partial charge in [0.25, 0.3) is 0 Å². The van der Waals surface area contributed by atoms with Crippen molar-refractivity contribution >= 4 is 11.8 Å². The van der Waals surface area contributed by atoms with Gasteiger partial charge in [0.1, 0.15) is 0 Å². The Morgan fingerprint density at radius 2 is 1.41 bits per heavy atom. The summed E-state index contributed by atoms with van der Waals surface area (Å²) in [6, 6.07) is 0. The number of rotatable bonds is 12. The summed E-state index contributed by atoms with van der Waals surface area (Å²) in [7, 11) is 0. The van der Waals surface area contributed by atoms with E-state index in [1.54, 1.807) is 0 Å². The molecule has 0 saturated carbocycles. The minimum Gasteiger partial charge on any atom is -0.396 e. The van der Waals surface area contributed by atoms with E-state index in [0.29, 0.717) is 19.3 Å². The Morgan fingerprint density at radius 1 is 0.864 bits per heavy atom. The lowest BCUT2D eigenvalue weighted by atomic mass is 9.96. The molecule has 0 aromatic carbocycles. The van der Waals surface area contributed by atoms with Gasteiger partial charge in [0.05, 0.1) is 0 Å². The van der Waals surface area contributed by atoms with Gasteiger partial charge in [0, 0.05) is 26.1 Å². The first-order valence-corrected chi connectivity index (χ1v) is 8.19. The van der Waals surface area contributed by atoms with Crippen molar-refractivity contribution in [2.75, 3.05) is 13.2 Å². The third-order valence-electron chi connectivity index (χ3n) is 3.48. The Labute approximate surface area is 134 Å². The number of amides is 2. The molecule has 0 aliphatic carbocycles. The van der Waals surface area contributed by atoms with Crippen LogP contribution in [0.15, 0.2) is 0 Å². The molecule has 0 aliphatic rings. The summed E-state index contributed by atoms with van der Waals surface area (Å²) >= 11 is 0. The third kappa shape index (κ3) is 16.9. The quantitative estimate of drug-likeness (QED) is 0.433. The molecule has 22 heavy (non-hydrogen) atoms. The molecule has 0 bridgehead atoms. The Morgan fingerprint density at radius 3 is 1.77 bits per heavy atom. The predicted molar refractivity (Wildman–Crippen MR) is 87.8 cm³/mol. The Hall–Kier alpha value is -1.14. The molecule has 132 valence electrons. The van der Waals surface area contributed by atoms with Crippen molar-refractivity contribution in [3.05, 3.63) is 0 Å². The van der Waals surface area contributed by atoms with Gasteiger partial charge in [-0.15, -0.1) is 0 Å². The van der Waals surface area contributed by atoms with E-state index >= 15 is 0 Å². The smallest absolute Gasteiger partial charge is 0.217 e. The average molecular weight is 318 g/mol. The summed E-state index contributed by atoms with van der Waals surface area (Å²) in [5.74, 6) is -0.00791. The number of aliphatic hydroxyl groups excluding tert-OH is 2. The van der Waals surface area contributed by atoms with Gasteiger partial charge in [-0.2, -0.15) is 0 Å². The summed E-state index contributed by atoms with van der Waals surface area (Å²) in [5.41, 5.74) is 10.0. The van der Waals surface area contributed by atoms with Crippen LogP contribution in [0.3, 0.4) is 0 Å². The highest BCUT2D eigenvalue weighted by atomic mass is 16.3. The van der Waals surface area contributed by atoms with Crippen LogP contribution in [0, 0.1) is 11.8 Å². The number of hydrogen-bond acceptors (Lipinski definition) is 4. The molecule has 0 saturated heterocycles. The van der Waals surface area contributed by atoms with Crippen molar-refractivity contribution in [3.8, 4) is 0 Å². The average Bonchev–Trinajstić information content (AvgIpc) is 2.44. The number of nitrogens with two attached hydrogens (primary N) is 2. The highest BCUT2D eigenvalue weighted by Crippen LogP contribution is 2.14. The van der Waals surface area contributed by atoms with Gasteiger partial charge in [0.15, 0.2) is 0 Å². The molecular weight excluding hydrogens is 284 g/mol. The molecule has 0 radical (unpaired) electrons. The highest BCUT2D eigenvalue weighted by molar-refractivity contribution is 5.74. The van der Waals surface area contributed by atoms with Crippen LogP contribution in [-0.4, -0.2) is 35.2 Å². The fourth-order valence-corrected chi connectivity index (χ4v) is 2.31. The SMILES string of the molecule is CCCC(CCO)CC(N)=O.CCCC(CO)CCC(N)=O. The summed E-state index contributed by atoms with van der Waals surface area (Å²) in [5, 5.41) is 17.4. The number of primary amides is 2. The van der Waals surface area contributed by atoms with E-state index in [1.165, 1.54) is 0 Å². The van der Waals surface area contributed by atoms with E-state index in [9.17, 15) is 9.59 Å². The van der Waals surface area contributed by atoms with E-state index < -0.39 is 0 Å². The Bertz CT molecular complexity index is 279. The van der Waals surface area contributed by atoms with Gasteiger partial charge in [0.2, 0.25) is 11.8 Å². The lowest BCUT2D eigenvalue weighted by molar-refractivity contribution is -0.119. The standard InChI is InChI=1S/2C8H17NO2/c1-2-3-7(4-5-10)6-8(9)11;1-2-3-7(6-10)4-5-8(9)11/h2*7,10H,2-6H2,1H3,(H2,9,11). The molecule has 2 atom stereocenters. The molecule has 0 heterocycles. The molecule has 6 nitrogen and oxygen atoms in total. The van der Waals surface area contributed by atoms with E-state index in [-0.39, 0.29) is 36.9 Å². The second kappa shape index (κ2) is 16.2. The first-order chi connectivity index (χ1) is 10.4. The van der Waals surface area contributed by atoms with Gasteiger partial charge >= 0.3 is 0 Å². The fourth-order valence-electron chi connectivity index (χ4n) is 2.31. The van der Waals surface area contributed by atoms with E-state index in [4.69, 9.17) is 21.7 Å². The lowest BCUT2D eigenvalue weighted by Crippen LogP contribution is -2.17. The topological polar surface area (TPSA) is 127 Å². The molecule has 0 spiro atoms. The Balaban J connectivity index is 0. The number of aliphatic hydroxyl groups is 2. The molecule has 0 aliphatic heterocycles. The van der Waals surface area contributed by atoms with Crippen molar-refractivity contribution in [1.29, 1.82) is 0 Å². The van der Waals surface area contributed by atoms with E-state index in [0.717, 1.165) is 32.1 Å². The van der Waals surface area contributed by atoms with E-state index in [1.807, 2.05) is 0 Å². The van der Waals surface area contributed by atoms with Crippen molar-refractivity contribution in [2.45, 2.75) is 65.2 Å². The highest BCUT2D eigenvalue weighted by Gasteiger charge is 2.09. The van der Waals surface area contributed by atoms with Crippen LogP contribution in [0.5, 0.6) is 0 Å². The summed E-state index contributed by atoms with van der Waals surface area (Å²) in [4.78, 5) is 20.9. The molecule has 2 unspecified atom stereocenters. The van der Waals surface area contributed by atoms with Crippen LogP contribution in [-0.2, 0) is 9.59 Å². The monoisotopic (exact) mass is 318 g/mol. The first-order valence-electron chi connectivity index (χ1n) is 8.19. The maximum Gasteiger partial charge on any atom is 0.217 e. The fraction of sp³-hybridized carbons (Fsp3) is 0.875. The van der Waals surface area contributed by atoms with Crippen molar-refractivity contribution in [2.24, 2.45) is 23.3 Å². The second-order valence-corrected chi connectivity index (χ2v) is 5.68. The van der Waals surface area contributed by atoms with Gasteiger partial charge < -0.3 is 21.7 Å². The molecular formula is C16H34N2O4. The predicted octanol–water partition coefficient (Wildman–Crippen LogP) is 1.32. The number of hydrogen-bond donors (Lipinski definition) is 4. The van der Waals surface area contributed by atoms with Crippen LogP contribution in [0.25, 0.3) is 0 Å². The van der Waals surface area contributed by atoms with Gasteiger partial charge in [-0.05, 0) is 31.1 Å². The molecule has 0 rings (SSSR count). The summed E-state index contributed by atoms with van der Waals surface area (Å²) in [6.45, 7) is 4.44. The molecule has 2 amide bonds. The second-order valence-electron chi connectivity index (χ2n) is 5.68. The maximum absolute atomic E-state index is 10.5. The lowest BCUT2D eigenvalue weighted by Gasteiger charge is -2.11. The molecule has 6 heteroatoms. The minimum absolute atomic E-state index is 0.151. The van der Waals surface area contributed by atoms with Crippen LogP contribution >= 0.6 is 0 Å². The number of carbonyl (C=O) groups excluding carboxylic acids is 2. The zero-order chi connectivity index (χ0) is 17.4. The zero-order valence-corrected chi connectivity index (χ0v) is 14.1. The van der Waals surface area contributed by atoms with Crippen molar-refractivity contribution in [3.63, 3.8) is 0 Å². The number of carbonyl (C=O) groups is 2. The van der Waals surface area contributed by atoms with Crippen LogP contribution in [0.1, 0.15) is 65.2 Å². The van der Waals surface area contributed by atoms with Gasteiger partial charge in [-0.1, -0.05) is 33.1 Å². The van der Waals surface area contributed by atoms with E-state index in [2.05, 4.69) is 13.8 Å². The summed E-state index contributed by atoms with van der Waals surface area (Å²) < 4.78 is 0. The normalized spacial score (nSPS) is 12.9. The van der Waals surface area contributed by atoms with Crippen molar-refractivity contribution in [1.82, 2.24) is 0 Å². The van der Waals surface area contributed by atoms with Crippen LogP contribution < -0.4 is 11.5 Å². The van der Waals surface area contributed by atoms with Gasteiger partial charge in [-0.25, -0.2) is 0 Å². The molecule has 0 fully saturated rings. The molecule has 0 aromatic heterocycles.